The molecule has 0 unspecified atom stereocenters. The minimum absolute atomic E-state index is 0.0275. The van der Waals surface area contributed by atoms with Crippen molar-refractivity contribution in [3.8, 4) is 0 Å². The molecule has 3 rings (SSSR count). The second-order valence-corrected chi connectivity index (χ2v) is 12.8. The Morgan fingerprint density at radius 3 is 2.25 bits per heavy atom. The maximum atomic E-state index is 13.6. The number of amides is 1. The van der Waals surface area contributed by atoms with Crippen LogP contribution in [0.1, 0.15) is 17.3 Å². The van der Waals surface area contributed by atoms with Gasteiger partial charge in [0.25, 0.3) is 5.91 Å². The number of para-hydroxylation sites is 1. The van der Waals surface area contributed by atoms with Gasteiger partial charge in [-0.2, -0.15) is 0 Å². The third-order valence-electron chi connectivity index (χ3n) is 4.85. The Bertz CT molecular complexity index is 1360. The Hall–Kier alpha value is -2.34. The van der Waals surface area contributed by atoms with Crippen LogP contribution in [0.4, 0.5) is 5.13 Å². The number of thiazole rings is 1. The van der Waals surface area contributed by atoms with Crippen LogP contribution in [0.5, 0.6) is 0 Å². The highest BCUT2D eigenvalue weighted by Crippen LogP contribution is 2.33. The number of rotatable bonds is 8. The molecule has 3 aromatic rings. The number of aromatic nitrogens is 1. The van der Waals surface area contributed by atoms with E-state index in [-0.39, 0.29) is 27.7 Å². The van der Waals surface area contributed by atoms with Crippen LogP contribution in [0.25, 0.3) is 10.2 Å². The predicted molar refractivity (Wildman–Crippen MR) is 127 cm³/mol. The average molecular weight is 496 g/mol. The van der Waals surface area contributed by atoms with Gasteiger partial charge in [-0.3, -0.25) is 9.69 Å². The number of benzene rings is 2. The minimum Gasteiger partial charge on any atom is -0.308 e. The molecule has 0 radical (unpaired) electrons. The van der Waals surface area contributed by atoms with Gasteiger partial charge in [-0.25, -0.2) is 21.8 Å². The van der Waals surface area contributed by atoms with Gasteiger partial charge >= 0.3 is 0 Å². The number of carbonyl (C=O) groups excluding carboxylic acids is 1. The highest BCUT2D eigenvalue weighted by molar-refractivity contribution is 7.91. The molecule has 1 aromatic heterocycles. The van der Waals surface area contributed by atoms with Crippen LogP contribution in [-0.4, -0.2) is 71.8 Å². The Kier molecular flexibility index (Phi) is 7.03. The lowest BCUT2D eigenvalue weighted by molar-refractivity contribution is 0.0982. The summed E-state index contributed by atoms with van der Waals surface area (Å²) in [5, 5.41) is 0.312. The summed E-state index contributed by atoms with van der Waals surface area (Å²) in [6, 6.07) is 11.0. The van der Waals surface area contributed by atoms with E-state index in [0.717, 1.165) is 6.26 Å². The van der Waals surface area contributed by atoms with Gasteiger partial charge in [0, 0.05) is 19.3 Å². The molecule has 0 N–H and O–H groups in total. The lowest BCUT2D eigenvalue weighted by atomic mass is 10.2. The number of carbonyl (C=O) groups is 1. The van der Waals surface area contributed by atoms with Crippen molar-refractivity contribution in [2.24, 2.45) is 0 Å². The third kappa shape index (κ3) is 5.01. The van der Waals surface area contributed by atoms with Gasteiger partial charge < -0.3 is 4.90 Å². The zero-order chi connectivity index (χ0) is 23.7. The summed E-state index contributed by atoms with van der Waals surface area (Å²) in [6.45, 7) is 2.28. The number of nitrogens with zero attached hydrogens (tertiary/aromatic N) is 3. The van der Waals surface area contributed by atoms with E-state index in [4.69, 9.17) is 0 Å². The van der Waals surface area contributed by atoms with Crippen LogP contribution >= 0.6 is 11.3 Å². The van der Waals surface area contributed by atoms with Crippen molar-refractivity contribution < 1.29 is 21.6 Å². The van der Waals surface area contributed by atoms with E-state index >= 15 is 0 Å². The van der Waals surface area contributed by atoms with Crippen molar-refractivity contribution in [3.05, 3.63) is 48.0 Å². The second kappa shape index (κ2) is 9.26. The Balaban J connectivity index is 2.17. The quantitative estimate of drug-likeness (QED) is 0.473. The first-order valence-corrected chi connectivity index (χ1v) is 14.2. The maximum absolute atomic E-state index is 13.6. The molecule has 1 amide bonds. The zero-order valence-corrected chi connectivity index (χ0v) is 20.7. The van der Waals surface area contributed by atoms with Gasteiger partial charge in [0.15, 0.2) is 24.8 Å². The fourth-order valence-corrected chi connectivity index (χ4v) is 6.13. The SMILES string of the molecule is CCS(=O)(=O)c1ccccc1C(=O)N(CCN(C)C)c1nc2c(S(C)(=O)=O)cccc2s1. The lowest BCUT2D eigenvalue weighted by Gasteiger charge is -2.23. The molecule has 0 aliphatic carbocycles. The molecule has 0 saturated heterocycles. The number of fused-ring (bicyclic) bond motifs is 1. The molecule has 0 fully saturated rings. The van der Waals surface area contributed by atoms with E-state index in [1.54, 1.807) is 24.3 Å². The van der Waals surface area contributed by atoms with Crippen LogP contribution in [0.3, 0.4) is 0 Å². The molecule has 2 aromatic carbocycles. The Morgan fingerprint density at radius 2 is 1.62 bits per heavy atom. The normalized spacial score (nSPS) is 12.4. The molecule has 11 heteroatoms. The van der Waals surface area contributed by atoms with Crippen LogP contribution in [-0.2, 0) is 19.7 Å². The van der Waals surface area contributed by atoms with Crippen LogP contribution in [0, 0.1) is 0 Å². The van der Waals surface area contributed by atoms with Gasteiger partial charge in [-0.1, -0.05) is 36.5 Å². The number of anilines is 1. The lowest BCUT2D eigenvalue weighted by Crippen LogP contribution is -2.37. The molecule has 0 spiro atoms. The number of sulfone groups is 2. The molecule has 1 heterocycles. The molecule has 0 aliphatic rings. The second-order valence-electron chi connectivity index (χ2n) is 7.53. The fraction of sp³-hybridized carbons (Fsp3) is 0.333. The molecule has 0 bridgehead atoms. The first-order chi connectivity index (χ1) is 15.0. The van der Waals surface area contributed by atoms with E-state index < -0.39 is 25.6 Å². The molecule has 172 valence electrons. The molecule has 0 aliphatic heterocycles. The topological polar surface area (TPSA) is 105 Å². The highest BCUT2D eigenvalue weighted by atomic mass is 32.2. The average Bonchev–Trinajstić information content (AvgIpc) is 3.16. The Morgan fingerprint density at radius 1 is 0.969 bits per heavy atom. The van der Waals surface area contributed by atoms with E-state index in [1.165, 1.54) is 41.4 Å². The Labute approximate surface area is 192 Å². The van der Waals surface area contributed by atoms with Gasteiger partial charge in [-0.05, 0) is 38.4 Å². The third-order valence-corrected chi connectivity index (χ3v) is 8.81. The molecule has 0 atom stereocenters. The van der Waals surface area contributed by atoms with Crippen molar-refractivity contribution in [1.29, 1.82) is 0 Å². The number of hydrogen-bond donors (Lipinski definition) is 0. The van der Waals surface area contributed by atoms with E-state index in [2.05, 4.69) is 4.98 Å². The highest BCUT2D eigenvalue weighted by Gasteiger charge is 2.28. The number of hydrogen-bond acceptors (Lipinski definition) is 8. The van der Waals surface area contributed by atoms with Crippen molar-refractivity contribution in [1.82, 2.24) is 9.88 Å². The monoisotopic (exact) mass is 495 g/mol. The molecular weight excluding hydrogens is 470 g/mol. The molecule has 0 saturated carbocycles. The van der Waals surface area contributed by atoms with Gasteiger partial charge in [-0.15, -0.1) is 0 Å². The minimum atomic E-state index is -3.63. The number of likely N-dealkylation sites (N-methyl/N-ethyl adjacent to an activating group) is 1. The van der Waals surface area contributed by atoms with E-state index in [1.807, 2.05) is 19.0 Å². The summed E-state index contributed by atoms with van der Waals surface area (Å²) in [5.41, 5.74) is 0.364. The van der Waals surface area contributed by atoms with E-state index in [9.17, 15) is 21.6 Å². The fourth-order valence-electron chi connectivity index (χ4n) is 3.13. The summed E-state index contributed by atoms with van der Waals surface area (Å²) >= 11 is 1.19. The van der Waals surface area contributed by atoms with E-state index in [0.29, 0.717) is 21.9 Å². The maximum Gasteiger partial charge on any atom is 0.261 e. The summed E-state index contributed by atoms with van der Waals surface area (Å²) in [6.07, 6.45) is 1.11. The van der Waals surface area contributed by atoms with Crippen molar-refractivity contribution in [2.45, 2.75) is 16.7 Å². The van der Waals surface area contributed by atoms with Crippen molar-refractivity contribution in [3.63, 3.8) is 0 Å². The zero-order valence-electron chi connectivity index (χ0n) is 18.3. The van der Waals surface area contributed by atoms with Gasteiger partial charge in [0.2, 0.25) is 0 Å². The smallest absolute Gasteiger partial charge is 0.261 e. The summed E-state index contributed by atoms with van der Waals surface area (Å²) < 4.78 is 50.2. The molecule has 8 nitrogen and oxygen atoms in total. The summed E-state index contributed by atoms with van der Waals surface area (Å²) in [7, 11) is -3.42. The van der Waals surface area contributed by atoms with Crippen molar-refractivity contribution in [2.75, 3.05) is 44.1 Å². The molecule has 32 heavy (non-hydrogen) atoms. The first-order valence-electron chi connectivity index (χ1n) is 9.83. The van der Waals surface area contributed by atoms with Crippen molar-refractivity contribution >= 4 is 52.3 Å². The predicted octanol–water partition coefficient (Wildman–Crippen LogP) is 2.70. The van der Waals surface area contributed by atoms with Crippen LogP contribution < -0.4 is 4.90 Å². The largest absolute Gasteiger partial charge is 0.308 e. The van der Waals surface area contributed by atoms with Crippen LogP contribution in [0.15, 0.2) is 52.3 Å². The van der Waals surface area contributed by atoms with Gasteiger partial charge in [0.05, 0.1) is 25.8 Å². The first kappa shape index (κ1) is 24.3. The van der Waals surface area contributed by atoms with Crippen LogP contribution in [0.2, 0.25) is 0 Å². The van der Waals surface area contributed by atoms with Gasteiger partial charge in [0.1, 0.15) is 5.52 Å². The summed E-state index contributed by atoms with van der Waals surface area (Å²) in [4.78, 5) is 21.5. The summed E-state index contributed by atoms with van der Waals surface area (Å²) in [5.74, 6) is -0.632. The standard InChI is InChI=1S/C21H25N3O5S3/c1-5-32(28,29)17-11-7-6-9-15(17)20(25)24(14-13-23(2)3)21-22-19-16(30-21)10-8-12-18(19)31(4,26)27/h6-12H,5,13-14H2,1-4H3. The molecular formula is C21H25N3O5S3.